The Kier molecular flexibility index (Phi) is 10.7. The number of fused-ring (bicyclic) bond motifs is 1. The fraction of sp³-hybridized carbons (Fsp3) is 0.485. The highest BCUT2D eigenvalue weighted by atomic mass is 16.5. The van der Waals surface area contributed by atoms with Crippen molar-refractivity contribution < 1.29 is 24.2 Å². The van der Waals surface area contributed by atoms with E-state index in [1.165, 1.54) is 24.8 Å². The van der Waals surface area contributed by atoms with Gasteiger partial charge < -0.3 is 30.1 Å². The maximum atomic E-state index is 13.3. The fourth-order valence-corrected chi connectivity index (χ4v) is 5.89. The minimum absolute atomic E-state index is 0.000764. The lowest BCUT2D eigenvalue weighted by atomic mass is 9.94. The van der Waals surface area contributed by atoms with Crippen LogP contribution in [0.2, 0.25) is 0 Å². The van der Waals surface area contributed by atoms with Gasteiger partial charge in [-0.3, -0.25) is 14.3 Å². The number of benzene rings is 2. The molecule has 1 fully saturated rings. The number of nitrogens with zero attached hydrogens (tertiary/aromatic N) is 3. The van der Waals surface area contributed by atoms with Gasteiger partial charge in [0.15, 0.2) is 12.4 Å². The number of phenolic OH excluding ortho intramolecular Hbond substituents is 1. The Morgan fingerprint density at radius 2 is 1.91 bits per heavy atom. The van der Waals surface area contributed by atoms with E-state index in [0.717, 1.165) is 36.0 Å². The van der Waals surface area contributed by atoms with Gasteiger partial charge in [0.1, 0.15) is 11.4 Å². The van der Waals surface area contributed by atoms with Gasteiger partial charge in [0.25, 0.3) is 5.91 Å². The van der Waals surface area contributed by atoms with Crippen LogP contribution in [0.3, 0.4) is 0 Å². The molecule has 1 aromatic heterocycles. The quantitative estimate of drug-likeness (QED) is 0.192. The number of carbonyl (C=O) groups is 2. The van der Waals surface area contributed by atoms with Gasteiger partial charge >= 0.3 is 0 Å². The van der Waals surface area contributed by atoms with Crippen LogP contribution in [0.1, 0.15) is 49.7 Å². The van der Waals surface area contributed by atoms with Gasteiger partial charge in [0.2, 0.25) is 5.91 Å². The second-order valence-electron chi connectivity index (χ2n) is 11.4. The van der Waals surface area contributed by atoms with Gasteiger partial charge in [-0.2, -0.15) is 5.10 Å². The molecule has 2 aromatic carbocycles. The standard InChI is InChI=1S/C33H43N5O5/c1-37-22-27(21-35-37)25-9-7-24(8-10-25)14-19-42-20-15-31(41)38(28-5-3-2-4-6-28)18-17-34-16-13-26-11-12-29(39)32-33(26)43-23-30(40)36-32/h7-12,21-22,28,34,39H,2-6,13-20,23H2,1H3,(H,36,40). The number of nitrogens with one attached hydrogen (secondary N) is 2. The zero-order chi connectivity index (χ0) is 30.0. The number of ether oxygens (including phenoxy) is 2. The molecule has 0 unspecified atom stereocenters. The number of aromatic hydroxyl groups is 1. The number of rotatable bonds is 14. The third kappa shape index (κ3) is 8.36. The van der Waals surface area contributed by atoms with E-state index in [1.54, 1.807) is 10.7 Å². The van der Waals surface area contributed by atoms with Crippen LogP contribution in [-0.2, 0) is 34.2 Å². The van der Waals surface area contributed by atoms with E-state index in [-0.39, 0.29) is 24.2 Å². The third-order valence-electron chi connectivity index (χ3n) is 8.25. The van der Waals surface area contributed by atoms with E-state index < -0.39 is 0 Å². The summed E-state index contributed by atoms with van der Waals surface area (Å²) in [6, 6.07) is 12.2. The van der Waals surface area contributed by atoms with Gasteiger partial charge in [-0.15, -0.1) is 0 Å². The van der Waals surface area contributed by atoms with Crippen molar-refractivity contribution in [3.63, 3.8) is 0 Å². The van der Waals surface area contributed by atoms with Gasteiger partial charge in [-0.25, -0.2) is 0 Å². The summed E-state index contributed by atoms with van der Waals surface area (Å²) in [5.74, 6) is 0.414. The molecule has 10 heteroatoms. The molecule has 2 amide bonds. The van der Waals surface area contributed by atoms with Crippen molar-refractivity contribution in [2.45, 2.75) is 57.4 Å². The number of aryl methyl sites for hydroxylation is 1. The van der Waals surface area contributed by atoms with Crippen LogP contribution >= 0.6 is 0 Å². The van der Waals surface area contributed by atoms with E-state index in [2.05, 4.69) is 44.9 Å². The Morgan fingerprint density at radius 1 is 1.09 bits per heavy atom. The Labute approximate surface area is 253 Å². The van der Waals surface area contributed by atoms with E-state index in [4.69, 9.17) is 9.47 Å². The summed E-state index contributed by atoms with van der Waals surface area (Å²) in [5.41, 5.74) is 4.70. The Morgan fingerprint density at radius 3 is 2.67 bits per heavy atom. The first-order valence-corrected chi connectivity index (χ1v) is 15.4. The maximum absolute atomic E-state index is 13.3. The molecule has 2 aliphatic rings. The van der Waals surface area contributed by atoms with E-state index in [1.807, 2.05) is 25.5 Å². The number of anilines is 1. The molecule has 0 bridgehead atoms. The van der Waals surface area contributed by atoms with Gasteiger partial charge in [0.05, 0.1) is 25.8 Å². The predicted octanol–water partition coefficient (Wildman–Crippen LogP) is 4.07. The minimum Gasteiger partial charge on any atom is -0.506 e. The number of phenols is 1. The first-order valence-electron chi connectivity index (χ1n) is 15.4. The molecule has 3 N–H and O–H groups in total. The molecular weight excluding hydrogens is 546 g/mol. The number of carbonyl (C=O) groups excluding carboxylic acids is 2. The molecule has 0 saturated heterocycles. The van der Waals surface area contributed by atoms with Crippen molar-refractivity contribution in [1.82, 2.24) is 20.0 Å². The number of aromatic nitrogens is 2. The molecule has 1 aliphatic carbocycles. The highest BCUT2D eigenvalue weighted by Crippen LogP contribution is 2.39. The second-order valence-corrected chi connectivity index (χ2v) is 11.4. The summed E-state index contributed by atoms with van der Waals surface area (Å²) in [6.45, 7) is 2.99. The van der Waals surface area contributed by atoms with E-state index in [9.17, 15) is 14.7 Å². The van der Waals surface area contributed by atoms with Crippen LogP contribution in [0.25, 0.3) is 11.1 Å². The summed E-state index contributed by atoms with van der Waals surface area (Å²) < 4.78 is 13.3. The summed E-state index contributed by atoms with van der Waals surface area (Å²) in [7, 11) is 1.91. The largest absolute Gasteiger partial charge is 0.506 e. The van der Waals surface area contributed by atoms with Crippen LogP contribution in [-0.4, -0.2) is 77.1 Å². The van der Waals surface area contributed by atoms with Crippen LogP contribution in [0.15, 0.2) is 48.8 Å². The molecule has 1 aliphatic heterocycles. The highest BCUT2D eigenvalue weighted by molar-refractivity contribution is 5.97. The lowest BCUT2D eigenvalue weighted by molar-refractivity contribution is -0.135. The van der Waals surface area contributed by atoms with Gasteiger partial charge in [-0.05, 0) is 55.0 Å². The average Bonchev–Trinajstić information content (AvgIpc) is 3.46. The Balaban J connectivity index is 1.04. The monoisotopic (exact) mass is 589 g/mol. The summed E-state index contributed by atoms with van der Waals surface area (Å²) >= 11 is 0. The van der Waals surface area contributed by atoms with Crippen molar-refractivity contribution in [2.24, 2.45) is 7.05 Å². The van der Waals surface area contributed by atoms with Crippen LogP contribution in [0, 0.1) is 0 Å². The summed E-state index contributed by atoms with van der Waals surface area (Å²) in [5, 5.41) is 20.5. The summed E-state index contributed by atoms with van der Waals surface area (Å²) in [4.78, 5) is 27.0. The second kappa shape index (κ2) is 15.0. The van der Waals surface area contributed by atoms with Crippen LogP contribution in [0.4, 0.5) is 5.69 Å². The molecule has 0 atom stereocenters. The molecule has 1 saturated carbocycles. The van der Waals surface area contributed by atoms with Crippen molar-refractivity contribution in [3.05, 3.63) is 59.9 Å². The van der Waals surface area contributed by atoms with Gasteiger partial charge in [-0.1, -0.05) is 49.6 Å². The number of hydrogen-bond donors (Lipinski definition) is 3. The Hall–Kier alpha value is -3.89. The molecule has 43 heavy (non-hydrogen) atoms. The van der Waals surface area contributed by atoms with Crippen molar-refractivity contribution in [3.8, 4) is 22.6 Å². The van der Waals surface area contributed by atoms with Crippen molar-refractivity contribution >= 4 is 17.5 Å². The SMILES string of the molecule is Cn1cc(-c2ccc(CCOCCC(=O)N(CCNCCc3ccc(O)c4c3OCC(=O)N4)C3CCCCC3)cc2)cn1. The average molecular weight is 590 g/mol. The maximum Gasteiger partial charge on any atom is 0.262 e. The predicted molar refractivity (Wildman–Crippen MR) is 165 cm³/mol. The Bertz CT molecular complexity index is 1370. The third-order valence-corrected chi connectivity index (χ3v) is 8.25. The van der Waals surface area contributed by atoms with Crippen LogP contribution in [0.5, 0.6) is 11.5 Å². The van der Waals surface area contributed by atoms with E-state index in [0.29, 0.717) is 63.2 Å². The molecule has 5 rings (SSSR count). The van der Waals surface area contributed by atoms with Crippen LogP contribution < -0.4 is 15.4 Å². The lowest BCUT2D eigenvalue weighted by Gasteiger charge is -2.34. The zero-order valence-corrected chi connectivity index (χ0v) is 25.0. The highest BCUT2D eigenvalue weighted by Gasteiger charge is 2.25. The molecule has 2 heterocycles. The zero-order valence-electron chi connectivity index (χ0n) is 25.0. The minimum atomic E-state index is -0.275. The van der Waals surface area contributed by atoms with Crippen molar-refractivity contribution in [1.29, 1.82) is 0 Å². The van der Waals surface area contributed by atoms with E-state index >= 15 is 0 Å². The van der Waals surface area contributed by atoms with Crippen molar-refractivity contribution in [2.75, 3.05) is 44.8 Å². The molecular formula is C33H43N5O5. The summed E-state index contributed by atoms with van der Waals surface area (Å²) in [6.07, 6.45) is 11.4. The number of amides is 2. The van der Waals surface area contributed by atoms with Gasteiger partial charge in [0, 0.05) is 37.9 Å². The molecule has 0 radical (unpaired) electrons. The molecule has 230 valence electrons. The first kappa shape index (κ1) is 30.6. The molecule has 10 nitrogen and oxygen atoms in total. The molecule has 3 aromatic rings. The lowest BCUT2D eigenvalue weighted by Crippen LogP contribution is -2.45. The molecule has 0 spiro atoms. The first-order chi connectivity index (χ1) is 21.0. The normalized spacial score (nSPS) is 15.0. The topological polar surface area (TPSA) is 118 Å². The smallest absolute Gasteiger partial charge is 0.262 e. The fourth-order valence-electron chi connectivity index (χ4n) is 5.89. The number of hydrogen-bond acceptors (Lipinski definition) is 7.